The maximum absolute atomic E-state index is 13.6. The number of aliphatic hydroxyl groups excluding tert-OH is 1. The number of amides is 1. The zero-order valence-corrected chi connectivity index (χ0v) is 19.8. The first kappa shape index (κ1) is 26.7. The van der Waals surface area contributed by atoms with E-state index < -0.39 is 35.4 Å². The first-order valence-electron chi connectivity index (χ1n) is 11.1. The predicted octanol–water partition coefficient (Wildman–Crippen LogP) is 3.04. The van der Waals surface area contributed by atoms with E-state index in [1.165, 1.54) is 19.2 Å². The summed E-state index contributed by atoms with van der Waals surface area (Å²) < 4.78 is 45.5. The third-order valence-electron chi connectivity index (χ3n) is 5.71. The fraction of sp³-hybridized carbons (Fsp3) is 0.320. The number of benzene rings is 2. The SMILES string of the molecule is COC(=O)c1ccc(C(C)NC(=O)/C(C(=N)C(F)(F)F)=C2/NCCN2Cc2cccc(CO)c2)cc1. The van der Waals surface area contributed by atoms with Gasteiger partial charge in [0.2, 0.25) is 0 Å². The maximum Gasteiger partial charge on any atom is 0.433 e. The second-order valence-electron chi connectivity index (χ2n) is 8.23. The van der Waals surface area contributed by atoms with E-state index in [0.29, 0.717) is 24.2 Å². The molecular weight excluding hydrogens is 477 g/mol. The topological polar surface area (TPSA) is 115 Å². The van der Waals surface area contributed by atoms with Crippen LogP contribution in [0, 0.1) is 5.41 Å². The number of hydrogen-bond acceptors (Lipinski definition) is 7. The van der Waals surface area contributed by atoms with Crippen molar-refractivity contribution in [3.8, 4) is 0 Å². The summed E-state index contributed by atoms with van der Waals surface area (Å²) in [4.78, 5) is 26.3. The van der Waals surface area contributed by atoms with Crippen LogP contribution in [0.4, 0.5) is 13.2 Å². The average molecular weight is 505 g/mol. The standard InChI is InChI=1S/C25H27F3N4O4/c1-15(18-6-8-19(9-7-18)24(35)36-2)31-23(34)20(21(29)25(26,27)28)22-30-10-11-32(22)13-16-4-3-5-17(12-16)14-33/h3-9,12,15,29-30,33H,10-11,13-14H2,1-2H3,(H,31,34)/b22-20-,29-21?. The zero-order chi connectivity index (χ0) is 26.5. The normalized spacial score (nSPS) is 15.7. The zero-order valence-electron chi connectivity index (χ0n) is 19.8. The molecule has 0 aromatic heterocycles. The van der Waals surface area contributed by atoms with Gasteiger partial charge in [0.15, 0.2) is 5.71 Å². The number of nitrogens with one attached hydrogen (secondary N) is 3. The Morgan fingerprint density at radius 3 is 2.47 bits per heavy atom. The van der Waals surface area contributed by atoms with Crippen LogP contribution in [0.15, 0.2) is 59.9 Å². The van der Waals surface area contributed by atoms with Gasteiger partial charge in [0, 0.05) is 19.6 Å². The molecule has 1 fully saturated rings. The van der Waals surface area contributed by atoms with Crippen molar-refractivity contribution >= 4 is 17.6 Å². The van der Waals surface area contributed by atoms with E-state index in [-0.39, 0.29) is 24.5 Å². The Hall–Kier alpha value is -3.86. The highest BCUT2D eigenvalue weighted by Crippen LogP contribution is 2.27. The summed E-state index contributed by atoms with van der Waals surface area (Å²) in [6.45, 7) is 2.21. The summed E-state index contributed by atoms with van der Waals surface area (Å²) in [5.41, 5.74) is -0.338. The molecule has 8 nitrogen and oxygen atoms in total. The Morgan fingerprint density at radius 1 is 1.19 bits per heavy atom. The lowest BCUT2D eigenvalue weighted by Crippen LogP contribution is -2.39. The minimum absolute atomic E-state index is 0.0857. The van der Waals surface area contributed by atoms with Gasteiger partial charge < -0.3 is 25.4 Å². The first-order chi connectivity index (χ1) is 17.0. The van der Waals surface area contributed by atoms with Crippen LogP contribution in [0.1, 0.15) is 40.0 Å². The number of nitrogens with zero attached hydrogens (tertiary/aromatic N) is 1. The number of rotatable bonds is 8. The molecule has 1 aliphatic heterocycles. The number of halogens is 3. The highest BCUT2D eigenvalue weighted by molar-refractivity contribution is 6.23. The molecule has 1 saturated heterocycles. The molecule has 1 amide bonds. The molecule has 1 heterocycles. The smallest absolute Gasteiger partial charge is 0.433 e. The summed E-state index contributed by atoms with van der Waals surface area (Å²) >= 11 is 0. The van der Waals surface area contributed by atoms with E-state index >= 15 is 0 Å². The fourth-order valence-corrected chi connectivity index (χ4v) is 3.84. The van der Waals surface area contributed by atoms with Gasteiger partial charge in [-0.15, -0.1) is 0 Å². The monoisotopic (exact) mass is 504 g/mol. The van der Waals surface area contributed by atoms with Crippen molar-refractivity contribution in [2.75, 3.05) is 20.2 Å². The molecule has 0 saturated carbocycles. The van der Waals surface area contributed by atoms with E-state index in [9.17, 15) is 27.9 Å². The molecule has 0 spiro atoms. The van der Waals surface area contributed by atoms with Crippen molar-refractivity contribution in [3.63, 3.8) is 0 Å². The average Bonchev–Trinajstić information content (AvgIpc) is 3.30. The van der Waals surface area contributed by atoms with E-state index in [0.717, 1.165) is 5.56 Å². The van der Waals surface area contributed by atoms with E-state index in [1.54, 1.807) is 48.2 Å². The molecule has 0 radical (unpaired) electrons. The van der Waals surface area contributed by atoms with Crippen LogP contribution >= 0.6 is 0 Å². The van der Waals surface area contributed by atoms with Crippen molar-refractivity contribution in [1.29, 1.82) is 5.41 Å². The molecule has 2 aromatic rings. The molecule has 192 valence electrons. The lowest BCUT2D eigenvalue weighted by molar-refractivity contribution is -0.118. The first-order valence-corrected chi connectivity index (χ1v) is 11.1. The lowest BCUT2D eigenvalue weighted by atomic mass is 10.0. The summed E-state index contributed by atoms with van der Waals surface area (Å²) in [6.07, 6.45) is -5.04. The maximum atomic E-state index is 13.6. The van der Waals surface area contributed by atoms with Crippen molar-refractivity contribution in [3.05, 3.63) is 82.2 Å². The van der Waals surface area contributed by atoms with Gasteiger partial charge in [-0.3, -0.25) is 10.2 Å². The summed E-state index contributed by atoms with van der Waals surface area (Å²) in [5.74, 6) is -1.68. The van der Waals surface area contributed by atoms with Crippen LogP contribution in [-0.2, 0) is 22.7 Å². The van der Waals surface area contributed by atoms with Crippen LogP contribution in [0.2, 0.25) is 0 Å². The molecule has 11 heteroatoms. The highest BCUT2D eigenvalue weighted by Gasteiger charge is 2.42. The number of aliphatic hydroxyl groups is 1. The largest absolute Gasteiger partial charge is 0.465 e. The van der Waals surface area contributed by atoms with E-state index in [2.05, 4.69) is 15.4 Å². The number of carbonyl (C=O) groups is 2. The molecule has 0 bridgehead atoms. The minimum Gasteiger partial charge on any atom is -0.465 e. The molecule has 3 rings (SSSR count). The van der Waals surface area contributed by atoms with Gasteiger partial charge >= 0.3 is 12.1 Å². The number of methoxy groups -OCH3 is 1. The number of ether oxygens (including phenoxy) is 1. The van der Waals surface area contributed by atoms with Crippen molar-refractivity contribution in [2.24, 2.45) is 0 Å². The number of esters is 1. The van der Waals surface area contributed by atoms with Gasteiger partial charge in [-0.1, -0.05) is 36.4 Å². The summed E-state index contributed by atoms with van der Waals surface area (Å²) in [5, 5.41) is 22.5. The molecule has 36 heavy (non-hydrogen) atoms. The fourth-order valence-electron chi connectivity index (χ4n) is 3.84. The van der Waals surface area contributed by atoms with Gasteiger partial charge in [-0.25, -0.2) is 4.79 Å². The quantitative estimate of drug-likeness (QED) is 0.250. The molecular formula is C25H27F3N4O4. The molecule has 0 aliphatic carbocycles. The third-order valence-corrected chi connectivity index (χ3v) is 5.71. The Bertz CT molecular complexity index is 1160. The Kier molecular flexibility index (Phi) is 8.36. The van der Waals surface area contributed by atoms with Gasteiger partial charge in [0.1, 0.15) is 11.4 Å². The Balaban J connectivity index is 1.90. The summed E-state index contributed by atoms with van der Waals surface area (Å²) in [6, 6.07) is 12.3. The summed E-state index contributed by atoms with van der Waals surface area (Å²) in [7, 11) is 1.24. The van der Waals surface area contributed by atoms with Crippen LogP contribution in [-0.4, -0.2) is 54.0 Å². The second kappa shape index (κ2) is 11.3. The minimum atomic E-state index is -5.04. The van der Waals surface area contributed by atoms with Crippen molar-refractivity contribution in [2.45, 2.75) is 32.3 Å². The van der Waals surface area contributed by atoms with Crippen LogP contribution in [0.5, 0.6) is 0 Å². The Labute approximate surface area is 206 Å². The highest BCUT2D eigenvalue weighted by atomic mass is 19.4. The van der Waals surface area contributed by atoms with Gasteiger partial charge in [0.25, 0.3) is 5.91 Å². The molecule has 1 unspecified atom stereocenters. The second-order valence-corrected chi connectivity index (χ2v) is 8.23. The van der Waals surface area contributed by atoms with Gasteiger partial charge in [0.05, 0.1) is 25.3 Å². The molecule has 1 aliphatic rings. The number of carbonyl (C=O) groups excluding carboxylic acids is 2. The lowest BCUT2D eigenvalue weighted by Gasteiger charge is -2.24. The van der Waals surface area contributed by atoms with Crippen molar-refractivity contribution in [1.82, 2.24) is 15.5 Å². The molecule has 1 atom stereocenters. The Morgan fingerprint density at radius 2 is 1.86 bits per heavy atom. The van der Waals surface area contributed by atoms with Gasteiger partial charge in [-0.2, -0.15) is 13.2 Å². The third kappa shape index (κ3) is 6.22. The van der Waals surface area contributed by atoms with E-state index in [1.807, 2.05) is 0 Å². The number of hydrogen-bond donors (Lipinski definition) is 4. The van der Waals surface area contributed by atoms with Crippen LogP contribution in [0.25, 0.3) is 0 Å². The van der Waals surface area contributed by atoms with Crippen molar-refractivity contribution < 1.29 is 32.6 Å². The predicted molar refractivity (Wildman–Crippen MR) is 126 cm³/mol. The number of alkyl halides is 3. The molecule has 4 N–H and O–H groups in total. The molecule has 2 aromatic carbocycles. The van der Waals surface area contributed by atoms with Crippen LogP contribution < -0.4 is 10.6 Å². The van der Waals surface area contributed by atoms with E-state index in [4.69, 9.17) is 5.41 Å². The van der Waals surface area contributed by atoms with Gasteiger partial charge in [-0.05, 0) is 35.7 Å². The van der Waals surface area contributed by atoms with Crippen LogP contribution in [0.3, 0.4) is 0 Å².